The van der Waals surface area contributed by atoms with Crippen molar-refractivity contribution in [3.05, 3.63) is 75.2 Å². The topological polar surface area (TPSA) is 108 Å². The first-order chi connectivity index (χ1) is 13.4. The van der Waals surface area contributed by atoms with Crippen LogP contribution in [0.2, 0.25) is 0 Å². The molecule has 0 fully saturated rings. The Bertz CT molecular complexity index is 1020. The molecule has 7 nitrogen and oxygen atoms in total. The van der Waals surface area contributed by atoms with Gasteiger partial charge in [-0.2, -0.15) is 5.26 Å². The molecule has 0 spiro atoms. The summed E-state index contributed by atoms with van der Waals surface area (Å²) >= 11 is 3.39. The van der Waals surface area contributed by atoms with Crippen molar-refractivity contribution < 1.29 is 23.4 Å². The maximum Gasteiger partial charge on any atom is 0.338 e. The van der Waals surface area contributed by atoms with E-state index >= 15 is 0 Å². The second-order valence-electron chi connectivity index (χ2n) is 5.94. The van der Waals surface area contributed by atoms with Crippen LogP contribution in [0.3, 0.4) is 0 Å². The van der Waals surface area contributed by atoms with Crippen molar-refractivity contribution in [1.82, 2.24) is 0 Å². The van der Waals surface area contributed by atoms with Crippen LogP contribution >= 0.6 is 15.9 Å². The number of hydrogen-bond donors (Lipinski definition) is 1. The van der Waals surface area contributed by atoms with E-state index < -0.39 is 11.9 Å². The summed E-state index contributed by atoms with van der Waals surface area (Å²) in [5.41, 5.74) is 6.10. The Morgan fingerprint density at radius 1 is 1.36 bits per heavy atom. The molecule has 1 aliphatic heterocycles. The van der Waals surface area contributed by atoms with E-state index in [1.54, 1.807) is 19.1 Å². The van der Waals surface area contributed by atoms with Gasteiger partial charge in [0.1, 0.15) is 41.3 Å². The number of nitrogens with two attached hydrogens (primary N) is 1. The molecule has 3 rings (SSSR count). The summed E-state index contributed by atoms with van der Waals surface area (Å²) in [6.45, 7) is 1.76. The van der Waals surface area contributed by atoms with Gasteiger partial charge in [-0.05, 0) is 37.3 Å². The molecule has 0 saturated carbocycles. The molecule has 0 amide bonds. The summed E-state index contributed by atoms with van der Waals surface area (Å²) in [5.74, 6) is 0.329. The van der Waals surface area contributed by atoms with E-state index in [9.17, 15) is 10.1 Å². The summed E-state index contributed by atoms with van der Waals surface area (Å²) in [6, 6.07) is 12.8. The standard InChI is InChI=1S/C20H17BrN2O5/c1-11-17(20(24)25-2)18(15(9-22)19(23)27-11)16-7-6-14(28-16)10-26-13-5-3-4-12(21)8-13/h3-8,18H,10,23H2,1-2H3/t18-/m1/s1. The number of nitrogens with zero attached hydrogens (tertiary/aromatic N) is 1. The predicted octanol–water partition coefficient (Wildman–Crippen LogP) is 3.88. The molecule has 1 aliphatic rings. The summed E-state index contributed by atoms with van der Waals surface area (Å²) < 4.78 is 22.6. The first kappa shape index (κ1) is 19.6. The summed E-state index contributed by atoms with van der Waals surface area (Å²) in [6.07, 6.45) is 0. The van der Waals surface area contributed by atoms with Crippen LogP contribution in [0.25, 0.3) is 0 Å². The number of nitriles is 1. The van der Waals surface area contributed by atoms with Crippen molar-refractivity contribution >= 4 is 21.9 Å². The molecule has 2 heterocycles. The van der Waals surface area contributed by atoms with Gasteiger partial charge in [-0.15, -0.1) is 0 Å². The predicted molar refractivity (Wildman–Crippen MR) is 103 cm³/mol. The number of rotatable bonds is 5. The van der Waals surface area contributed by atoms with Crippen LogP contribution in [0.15, 0.2) is 68.1 Å². The fraction of sp³-hybridized carbons (Fsp3) is 0.200. The second kappa shape index (κ2) is 8.23. The van der Waals surface area contributed by atoms with Crippen LogP contribution < -0.4 is 10.5 Å². The average molecular weight is 445 g/mol. The van der Waals surface area contributed by atoms with E-state index in [4.69, 9.17) is 24.4 Å². The van der Waals surface area contributed by atoms with Crippen molar-refractivity contribution in [1.29, 1.82) is 5.26 Å². The highest BCUT2D eigenvalue weighted by atomic mass is 79.9. The summed E-state index contributed by atoms with van der Waals surface area (Å²) in [4.78, 5) is 12.3. The smallest absolute Gasteiger partial charge is 0.338 e. The highest BCUT2D eigenvalue weighted by Crippen LogP contribution is 2.40. The van der Waals surface area contributed by atoms with Gasteiger partial charge in [0.05, 0.1) is 18.6 Å². The molecule has 2 aromatic rings. The van der Waals surface area contributed by atoms with E-state index in [1.165, 1.54) is 7.11 Å². The lowest BCUT2D eigenvalue weighted by Gasteiger charge is -2.24. The number of allylic oxidation sites excluding steroid dienone is 2. The normalized spacial score (nSPS) is 16.4. The third-order valence-corrected chi connectivity index (χ3v) is 4.65. The first-order valence-electron chi connectivity index (χ1n) is 8.28. The SMILES string of the molecule is COC(=O)C1=C(C)OC(N)=C(C#N)[C@@H]1c1ccc(COc2cccc(Br)c2)o1. The van der Waals surface area contributed by atoms with E-state index in [-0.39, 0.29) is 29.4 Å². The van der Waals surface area contributed by atoms with Crippen LogP contribution in [0, 0.1) is 11.3 Å². The van der Waals surface area contributed by atoms with Crippen LogP contribution in [0.5, 0.6) is 5.75 Å². The minimum atomic E-state index is -0.814. The molecule has 28 heavy (non-hydrogen) atoms. The number of furan rings is 1. The minimum Gasteiger partial charge on any atom is -0.486 e. The van der Waals surface area contributed by atoms with E-state index in [0.717, 1.165) is 4.47 Å². The van der Waals surface area contributed by atoms with Crippen molar-refractivity contribution in [2.45, 2.75) is 19.4 Å². The van der Waals surface area contributed by atoms with Crippen LogP contribution in [0.4, 0.5) is 0 Å². The quantitative estimate of drug-likeness (QED) is 0.696. The van der Waals surface area contributed by atoms with E-state index in [1.807, 2.05) is 30.3 Å². The molecule has 1 aromatic heterocycles. The van der Waals surface area contributed by atoms with Gasteiger partial charge in [0.15, 0.2) is 0 Å². The molecule has 144 valence electrons. The Balaban J connectivity index is 1.89. The van der Waals surface area contributed by atoms with E-state index in [2.05, 4.69) is 15.9 Å². The lowest BCUT2D eigenvalue weighted by molar-refractivity contribution is -0.136. The van der Waals surface area contributed by atoms with Crippen LogP contribution in [-0.4, -0.2) is 13.1 Å². The van der Waals surface area contributed by atoms with Crippen molar-refractivity contribution in [3.63, 3.8) is 0 Å². The fourth-order valence-corrected chi connectivity index (χ4v) is 3.26. The zero-order valence-corrected chi connectivity index (χ0v) is 16.8. The molecule has 0 aliphatic carbocycles. The Morgan fingerprint density at radius 2 is 2.14 bits per heavy atom. The number of hydrogen-bond acceptors (Lipinski definition) is 7. The fourth-order valence-electron chi connectivity index (χ4n) is 2.88. The third kappa shape index (κ3) is 3.89. The van der Waals surface area contributed by atoms with Gasteiger partial charge in [-0.3, -0.25) is 0 Å². The molecule has 0 saturated heterocycles. The van der Waals surface area contributed by atoms with Crippen molar-refractivity contribution in [2.24, 2.45) is 5.73 Å². The van der Waals surface area contributed by atoms with E-state index in [0.29, 0.717) is 17.3 Å². The zero-order chi connectivity index (χ0) is 20.3. The molecule has 1 aromatic carbocycles. The zero-order valence-electron chi connectivity index (χ0n) is 15.2. The van der Waals surface area contributed by atoms with Crippen LogP contribution in [0.1, 0.15) is 24.4 Å². The number of esters is 1. The van der Waals surface area contributed by atoms with Crippen molar-refractivity contribution in [2.75, 3.05) is 7.11 Å². The molecular formula is C20H17BrN2O5. The molecule has 0 bridgehead atoms. The van der Waals surface area contributed by atoms with Crippen molar-refractivity contribution in [3.8, 4) is 11.8 Å². The van der Waals surface area contributed by atoms with Gasteiger partial charge in [0.25, 0.3) is 0 Å². The molecule has 8 heteroatoms. The maximum atomic E-state index is 12.3. The van der Waals surface area contributed by atoms with Crippen LogP contribution in [-0.2, 0) is 20.9 Å². The minimum absolute atomic E-state index is 0.0685. The highest BCUT2D eigenvalue weighted by molar-refractivity contribution is 9.10. The number of carbonyl (C=O) groups excluding carboxylic acids is 1. The Labute approximate surface area is 170 Å². The van der Waals surface area contributed by atoms with Gasteiger partial charge in [-0.25, -0.2) is 4.79 Å². The lowest BCUT2D eigenvalue weighted by Crippen LogP contribution is -2.24. The first-order valence-corrected chi connectivity index (χ1v) is 9.07. The van der Waals surface area contributed by atoms with Gasteiger partial charge in [0.2, 0.25) is 5.88 Å². The summed E-state index contributed by atoms with van der Waals surface area (Å²) in [5, 5.41) is 9.52. The highest BCUT2D eigenvalue weighted by Gasteiger charge is 2.38. The second-order valence-corrected chi connectivity index (χ2v) is 6.85. The Kier molecular flexibility index (Phi) is 5.76. The number of ether oxygens (including phenoxy) is 3. The molecule has 1 atom stereocenters. The molecule has 2 N–H and O–H groups in total. The third-order valence-electron chi connectivity index (χ3n) is 4.16. The monoisotopic (exact) mass is 444 g/mol. The number of halogens is 1. The Hall–Kier alpha value is -3.18. The average Bonchev–Trinajstić information content (AvgIpc) is 3.14. The number of benzene rings is 1. The molecular weight excluding hydrogens is 428 g/mol. The van der Waals surface area contributed by atoms with Gasteiger partial charge >= 0.3 is 5.97 Å². The van der Waals surface area contributed by atoms with Gasteiger partial charge < -0.3 is 24.4 Å². The summed E-state index contributed by atoms with van der Waals surface area (Å²) in [7, 11) is 1.26. The van der Waals surface area contributed by atoms with Gasteiger partial charge in [0, 0.05) is 4.47 Å². The number of methoxy groups -OCH3 is 1. The molecule has 0 radical (unpaired) electrons. The lowest BCUT2D eigenvalue weighted by atomic mass is 9.87. The Morgan fingerprint density at radius 3 is 2.82 bits per heavy atom. The van der Waals surface area contributed by atoms with Gasteiger partial charge in [-0.1, -0.05) is 22.0 Å². The number of carbonyl (C=O) groups is 1. The largest absolute Gasteiger partial charge is 0.486 e. The molecule has 0 unspecified atom stereocenters. The maximum absolute atomic E-state index is 12.3.